The summed E-state index contributed by atoms with van der Waals surface area (Å²) in [6.45, 7) is 0. The van der Waals surface area contributed by atoms with E-state index in [4.69, 9.17) is 9.15 Å². The summed E-state index contributed by atoms with van der Waals surface area (Å²) >= 11 is 0. The molecule has 1 aliphatic carbocycles. The summed E-state index contributed by atoms with van der Waals surface area (Å²) in [5.74, 6) is 0.585. The van der Waals surface area contributed by atoms with Gasteiger partial charge in [-0.1, -0.05) is 0 Å². The second-order valence-corrected chi connectivity index (χ2v) is 4.41. The van der Waals surface area contributed by atoms with E-state index < -0.39 is 0 Å². The molecule has 1 aromatic heterocycles. The molecular weight excluding hydrogens is 234 g/mol. The van der Waals surface area contributed by atoms with Gasteiger partial charge in [0, 0.05) is 6.07 Å². The van der Waals surface area contributed by atoms with Crippen LogP contribution in [0.25, 0.3) is 11.1 Å². The molecule has 0 spiro atoms. The fraction of sp³-hybridized carbons (Fsp3) is 0.385. The fourth-order valence-electron chi connectivity index (χ4n) is 2.12. The molecule has 0 N–H and O–H groups in total. The zero-order chi connectivity index (χ0) is 12.5. The number of hydrogen-bond acceptors (Lipinski definition) is 5. The zero-order valence-electron chi connectivity index (χ0n) is 9.96. The van der Waals surface area contributed by atoms with E-state index in [1.54, 1.807) is 0 Å². The van der Waals surface area contributed by atoms with Crippen LogP contribution in [-0.4, -0.2) is 24.2 Å². The summed E-state index contributed by atoms with van der Waals surface area (Å²) in [5, 5.41) is 0. The van der Waals surface area contributed by atoms with E-state index in [0.717, 1.165) is 16.8 Å². The molecule has 0 saturated heterocycles. The Morgan fingerprint density at radius 3 is 3.06 bits per heavy atom. The van der Waals surface area contributed by atoms with Crippen LogP contribution in [0.15, 0.2) is 29.0 Å². The highest BCUT2D eigenvalue weighted by Crippen LogP contribution is 2.32. The summed E-state index contributed by atoms with van der Waals surface area (Å²) in [4.78, 5) is 15.3. The lowest BCUT2D eigenvalue weighted by atomic mass is 9.82. The maximum atomic E-state index is 11.2. The minimum atomic E-state index is -0.151. The van der Waals surface area contributed by atoms with Crippen molar-refractivity contribution in [3.8, 4) is 5.75 Å². The van der Waals surface area contributed by atoms with Crippen molar-refractivity contribution in [2.24, 2.45) is 5.92 Å². The Labute approximate surface area is 104 Å². The minimum Gasteiger partial charge on any atom is -0.490 e. The van der Waals surface area contributed by atoms with Gasteiger partial charge in [-0.05, 0) is 25.0 Å². The van der Waals surface area contributed by atoms with Crippen molar-refractivity contribution in [1.82, 2.24) is 4.98 Å². The van der Waals surface area contributed by atoms with Crippen molar-refractivity contribution < 1.29 is 18.7 Å². The number of rotatable bonds is 3. The van der Waals surface area contributed by atoms with Gasteiger partial charge < -0.3 is 13.9 Å². The predicted octanol–water partition coefficient (Wildman–Crippen LogP) is 2.16. The molecular formula is C13H13NO4. The number of benzene rings is 1. The number of fused-ring (bicyclic) bond motifs is 1. The van der Waals surface area contributed by atoms with Gasteiger partial charge in [0.05, 0.1) is 13.0 Å². The van der Waals surface area contributed by atoms with Crippen molar-refractivity contribution in [3.05, 3.63) is 24.6 Å². The molecule has 1 saturated carbocycles. The van der Waals surface area contributed by atoms with Crippen LogP contribution in [0.2, 0.25) is 0 Å². The number of oxazole rings is 1. The number of aromatic nitrogens is 1. The van der Waals surface area contributed by atoms with Gasteiger partial charge in [0.25, 0.3) is 0 Å². The van der Waals surface area contributed by atoms with E-state index in [-0.39, 0.29) is 18.0 Å². The van der Waals surface area contributed by atoms with Gasteiger partial charge in [0.2, 0.25) is 0 Å². The standard InChI is InChI=1S/C13H13NO4/c1-16-13(15)8-4-10(5-8)18-9-2-3-12-11(6-9)14-7-17-12/h2-3,6-8,10H,4-5H2,1H3/t8-,10-. The van der Waals surface area contributed by atoms with Gasteiger partial charge in [-0.15, -0.1) is 0 Å². The third kappa shape index (κ3) is 1.92. The van der Waals surface area contributed by atoms with Crippen molar-refractivity contribution >= 4 is 17.1 Å². The van der Waals surface area contributed by atoms with E-state index in [9.17, 15) is 4.79 Å². The highest BCUT2D eigenvalue weighted by Gasteiger charge is 2.36. The molecule has 1 heterocycles. The van der Waals surface area contributed by atoms with Crippen LogP contribution in [0.4, 0.5) is 0 Å². The first-order valence-electron chi connectivity index (χ1n) is 5.84. The van der Waals surface area contributed by atoms with Crippen LogP contribution in [0.5, 0.6) is 5.75 Å². The Balaban J connectivity index is 1.62. The number of ether oxygens (including phenoxy) is 2. The summed E-state index contributed by atoms with van der Waals surface area (Å²) in [6.07, 6.45) is 2.91. The summed E-state index contributed by atoms with van der Waals surface area (Å²) in [5.41, 5.74) is 1.51. The van der Waals surface area contributed by atoms with E-state index in [2.05, 4.69) is 9.72 Å². The zero-order valence-corrected chi connectivity index (χ0v) is 9.96. The van der Waals surface area contributed by atoms with Crippen LogP contribution in [0, 0.1) is 5.92 Å². The number of carbonyl (C=O) groups excluding carboxylic acids is 1. The molecule has 0 radical (unpaired) electrons. The van der Waals surface area contributed by atoms with Crippen LogP contribution < -0.4 is 4.74 Å². The maximum absolute atomic E-state index is 11.2. The molecule has 0 unspecified atom stereocenters. The molecule has 1 fully saturated rings. The molecule has 1 aromatic carbocycles. The first kappa shape index (κ1) is 11.1. The van der Waals surface area contributed by atoms with E-state index in [1.165, 1.54) is 13.5 Å². The highest BCUT2D eigenvalue weighted by molar-refractivity contribution is 5.74. The van der Waals surface area contributed by atoms with Crippen LogP contribution in [-0.2, 0) is 9.53 Å². The topological polar surface area (TPSA) is 61.6 Å². The quantitative estimate of drug-likeness (QED) is 0.778. The number of hydrogen-bond donors (Lipinski definition) is 0. The Bertz CT molecular complexity index is 571. The molecule has 2 aromatic rings. The fourth-order valence-corrected chi connectivity index (χ4v) is 2.12. The SMILES string of the molecule is COC(=O)[C@H]1C[C@H](Oc2ccc3ocnc3c2)C1. The summed E-state index contributed by atoms with van der Waals surface area (Å²) in [7, 11) is 1.41. The summed E-state index contributed by atoms with van der Waals surface area (Å²) < 4.78 is 15.6. The molecule has 5 nitrogen and oxygen atoms in total. The second kappa shape index (κ2) is 4.33. The predicted molar refractivity (Wildman–Crippen MR) is 63.2 cm³/mol. The molecule has 0 atom stereocenters. The van der Waals surface area contributed by atoms with Gasteiger partial charge >= 0.3 is 5.97 Å². The average Bonchev–Trinajstić information content (AvgIpc) is 2.79. The Morgan fingerprint density at radius 1 is 1.44 bits per heavy atom. The lowest BCUT2D eigenvalue weighted by molar-refractivity contribution is -0.151. The number of methoxy groups -OCH3 is 1. The molecule has 18 heavy (non-hydrogen) atoms. The van der Waals surface area contributed by atoms with Gasteiger partial charge in [-0.3, -0.25) is 4.79 Å². The average molecular weight is 247 g/mol. The lowest BCUT2D eigenvalue weighted by Crippen LogP contribution is -2.38. The Kier molecular flexibility index (Phi) is 2.66. The third-order valence-corrected chi connectivity index (χ3v) is 3.23. The van der Waals surface area contributed by atoms with Gasteiger partial charge in [0.15, 0.2) is 12.0 Å². The largest absolute Gasteiger partial charge is 0.490 e. The maximum Gasteiger partial charge on any atom is 0.308 e. The van der Waals surface area contributed by atoms with Crippen molar-refractivity contribution in [2.45, 2.75) is 18.9 Å². The van der Waals surface area contributed by atoms with E-state index >= 15 is 0 Å². The molecule has 0 bridgehead atoms. The molecule has 0 amide bonds. The van der Waals surface area contributed by atoms with Crippen molar-refractivity contribution in [1.29, 1.82) is 0 Å². The molecule has 94 valence electrons. The Hall–Kier alpha value is -2.04. The van der Waals surface area contributed by atoms with E-state index in [1.807, 2.05) is 18.2 Å². The highest BCUT2D eigenvalue weighted by atomic mass is 16.5. The number of carbonyl (C=O) groups is 1. The molecule has 5 heteroatoms. The van der Waals surface area contributed by atoms with Crippen LogP contribution in [0.1, 0.15) is 12.8 Å². The molecule has 3 rings (SSSR count). The van der Waals surface area contributed by atoms with Crippen LogP contribution >= 0.6 is 0 Å². The van der Waals surface area contributed by atoms with E-state index in [0.29, 0.717) is 12.8 Å². The number of nitrogens with zero attached hydrogens (tertiary/aromatic N) is 1. The molecule has 0 aliphatic heterocycles. The first-order chi connectivity index (χ1) is 8.76. The first-order valence-corrected chi connectivity index (χ1v) is 5.84. The van der Waals surface area contributed by atoms with Crippen LogP contribution in [0.3, 0.4) is 0 Å². The van der Waals surface area contributed by atoms with Crippen molar-refractivity contribution in [3.63, 3.8) is 0 Å². The number of esters is 1. The minimum absolute atomic E-state index is 0.0178. The summed E-state index contributed by atoms with van der Waals surface area (Å²) in [6, 6.07) is 5.51. The molecule has 1 aliphatic rings. The Morgan fingerprint density at radius 2 is 2.28 bits per heavy atom. The monoisotopic (exact) mass is 247 g/mol. The van der Waals surface area contributed by atoms with Crippen molar-refractivity contribution in [2.75, 3.05) is 7.11 Å². The third-order valence-electron chi connectivity index (χ3n) is 3.23. The van der Waals surface area contributed by atoms with Gasteiger partial charge in [-0.25, -0.2) is 4.98 Å². The lowest BCUT2D eigenvalue weighted by Gasteiger charge is -2.33. The van der Waals surface area contributed by atoms with Gasteiger partial charge in [0.1, 0.15) is 17.4 Å². The smallest absolute Gasteiger partial charge is 0.308 e. The van der Waals surface area contributed by atoms with Gasteiger partial charge in [-0.2, -0.15) is 0 Å². The normalized spacial score (nSPS) is 22.5. The second-order valence-electron chi connectivity index (χ2n) is 4.41.